The van der Waals surface area contributed by atoms with Gasteiger partial charge in [-0.25, -0.2) is 4.98 Å². The highest BCUT2D eigenvalue weighted by Gasteiger charge is 2.18. The molecule has 0 aliphatic rings. The molecule has 2 rings (SSSR count). The number of primary amides is 1. The molecule has 0 bridgehead atoms. The fourth-order valence-corrected chi connectivity index (χ4v) is 2.80. The molecule has 2 aromatic heterocycles. The maximum atomic E-state index is 12.2. The van der Waals surface area contributed by atoms with Gasteiger partial charge in [0.25, 0.3) is 11.5 Å². The number of hydrogen-bond acceptors (Lipinski definition) is 6. The Morgan fingerprint density at radius 3 is 2.89 bits per heavy atom. The van der Waals surface area contributed by atoms with Crippen LogP contribution in [0.2, 0.25) is 0 Å². The number of nitrogens with two attached hydrogens (primary N) is 1. The van der Waals surface area contributed by atoms with E-state index in [1.54, 1.807) is 6.92 Å². The fourth-order valence-electron chi connectivity index (χ4n) is 1.81. The third-order valence-corrected chi connectivity index (χ3v) is 3.97. The zero-order valence-electron chi connectivity index (χ0n) is 10.2. The van der Waals surface area contributed by atoms with Crippen molar-refractivity contribution >= 4 is 27.5 Å². The first-order chi connectivity index (χ1) is 8.95. The van der Waals surface area contributed by atoms with Crippen LogP contribution in [0.3, 0.4) is 0 Å². The molecular weight excluding hydrogens is 270 g/mol. The lowest BCUT2D eigenvalue weighted by Gasteiger charge is -2.09. The van der Waals surface area contributed by atoms with Crippen molar-refractivity contribution in [1.29, 1.82) is 0 Å². The van der Waals surface area contributed by atoms with E-state index in [4.69, 9.17) is 10.8 Å². The van der Waals surface area contributed by atoms with Gasteiger partial charge in [0, 0.05) is 0 Å². The van der Waals surface area contributed by atoms with Gasteiger partial charge in [0.2, 0.25) is 0 Å². The Hall–Kier alpha value is -1.77. The first kappa shape index (κ1) is 13.7. The molecule has 1 unspecified atom stereocenters. The number of carbonyl (C=O) groups is 1. The van der Waals surface area contributed by atoms with Crippen molar-refractivity contribution in [3.63, 3.8) is 0 Å². The normalized spacial score (nSPS) is 12.8. The van der Waals surface area contributed by atoms with E-state index in [1.165, 1.54) is 10.9 Å². The molecule has 102 valence electrons. The topological polar surface area (TPSA) is 118 Å². The number of amides is 1. The van der Waals surface area contributed by atoms with Crippen LogP contribution in [0.1, 0.15) is 15.2 Å². The van der Waals surface area contributed by atoms with Gasteiger partial charge in [0.15, 0.2) is 0 Å². The molecule has 1 amide bonds. The van der Waals surface area contributed by atoms with E-state index < -0.39 is 18.6 Å². The van der Waals surface area contributed by atoms with Crippen LogP contribution in [0.5, 0.6) is 0 Å². The summed E-state index contributed by atoms with van der Waals surface area (Å²) in [5.74, 6) is -0.596. The molecule has 0 saturated heterocycles. The summed E-state index contributed by atoms with van der Waals surface area (Å²) in [5.41, 5.74) is 5.37. The molecule has 7 nitrogen and oxygen atoms in total. The van der Waals surface area contributed by atoms with Crippen molar-refractivity contribution in [3.8, 4) is 0 Å². The van der Waals surface area contributed by atoms with Gasteiger partial charge in [-0.3, -0.25) is 14.2 Å². The molecule has 0 fully saturated rings. The number of nitrogens with zero attached hydrogens (tertiary/aromatic N) is 2. The third kappa shape index (κ3) is 2.37. The Bertz CT molecular complexity index is 691. The van der Waals surface area contributed by atoms with Gasteiger partial charge < -0.3 is 15.9 Å². The molecule has 0 spiro atoms. The summed E-state index contributed by atoms with van der Waals surface area (Å²) in [6, 6.07) is 0. The summed E-state index contributed by atoms with van der Waals surface area (Å²) < 4.78 is 1.20. The highest BCUT2D eigenvalue weighted by molar-refractivity contribution is 7.20. The maximum absolute atomic E-state index is 12.2. The summed E-state index contributed by atoms with van der Waals surface area (Å²) in [6.07, 6.45) is 0.246. The highest BCUT2D eigenvalue weighted by atomic mass is 32.1. The van der Waals surface area contributed by atoms with Gasteiger partial charge in [0.1, 0.15) is 4.83 Å². The van der Waals surface area contributed by atoms with E-state index in [1.807, 2.05) is 0 Å². The lowest BCUT2D eigenvalue weighted by atomic mass is 10.2. The summed E-state index contributed by atoms with van der Waals surface area (Å²) in [7, 11) is 0. The second-order valence-electron chi connectivity index (χ2n) is 4.14. The van der Waals surface area contributed by atoms with Crippen LogP contribution in [0.15, 0.2) is 11.1 Å². The Kier molecular flexibility index (Phi) is 3.65. The molecule has 2 heterocycles. The number of aryl methyl sites for hydroxylation is 1. The van der Waals surface area contributed by atoms with Crippen molar-refractivity contribution < 1.29 is 15.0 Å². The summed E-state index contributed by atoms with van der Waals surface area (Å²) in [5, 5.41) is 18.5. The second kappa shape index (κ2) is 5.08. The average molecular weight is 283 g/mol. The Labute approximate surface area is 111 Å². The molecular formula is C11H13N3O4S. The number of aliphatic hydroxyl groups is 2. The molecule has 19 heavy (non-hydrogen) atoms. The van der Waals surface area contributed by atoms with E-state index in [0.717, 1.165) is 11.3 Å². The lowest BCUT2D eigenvalue weighted by Crippen LogP contribution is -2.28. The molecule has 8 heteroatoms. The molecule has 1 atom stereocenters. The summed E-state index contributed by atoms with van der Waals surface area (Å²) in [6.45, 7) is 1.13. The SMILES string of the molecule is Cc1c(C(N)=O)sc2ncn(CC(O)CO)c(=O)c12. The molecule has 0 aromatic carbocycles. The van der Waals surface area contributed by atoms with Crippen LogP contribution in [0.25, 0.3) is 10.2 Å². The second-order valence-corrected chi connectivity index (χ2v) is 5.14. The van der Waals surface area contributed by atoms with E-state index in [-0.39, 0.29) is 12.1 Å². The van der Waals surface area contributed by atoms with Gasteiger partial charge in [-0.15, -0.1) is 11.3 Å². The smallest absolute Gasteiger partial charge is 0.262 e. The predicted molar refractivity (Wildman–Crippen MR) is 70.2 cm³/mol. The number of rotatable bonds is 4. The number of hydrogen-bond donors (Lipinski definition) is 3. The molecule has 0 saturated carbocycles. The van der Waals surface area contributed by atoms with Gasteiger partial charge >= 0.3 is 0 Å². The fraction of sp³-hybridized carbons (Fsp3) is 0.364. The number of aliphatic hydroxyl groups excluding tert-OH is 2. The van der Waals surface area contributed by atoms with Crippen LogP contribution < -0.4 is 11.3 Å². The maximum Gasteiger partial charge on any atom is 0.262 e. The number of fused-ring (bicyclic) bond motifs is 1. The van der Waals surface area contributed by atoms with Crippen LogP contribution >= 0.6 is 11.3 Å². The minimum Gasteiger partial charge on any atom is -0.394 e. The standard InChI is InChI=1S/C11H13N3O4S/c1-5-7-10(19-8(5)9(12)17)13-4-14(11(7)18)2-6(16)3-15/h4,6,15-16H,2-3H2,1H3,(H2,12,17). The predicted octanol–water partition coefficient (Wildman–Crippen LogP) is -0.781. The Balaban J connectivity index is 2.61. The largest absolute Gasteiger partial charge is 0.394 e. The monoisotopic (exact) mass is 283 g/mol. The quantitative estimate of drug-likeness (QED) is 0.680. The summed E-state index contributed by atoms with van der Waals surface area (Å²) in [4.78, 5) is 28.3. The zero-order valence-corrected chi connectivity index (χ0v) is 11.0. The number of thiophene rings is 1. The van der Waals surface area contributed by atoms with E-state index in [9.17, 15) is 14.7 Å². The van der Waals surface area contributed by atoms with Gasteiger partial charge in [0.05, 0.1) is 35.8 Å². The lowest BCUT2D eigenvalue weighted by molar-refractivity contribution is 0.0802. The van der Waals surface area contributed by atoms with Crippen molar-refractivity contribution in [1.82, 2.24) is 9.55 Å². The molecule has 0 aliphatic heterocycles. The van der Waals surface area contributed by atoms with E-state index in [2.05, 4.69) is 4.98 Å². The molecule has 4 N–H and O–H groups in total. The first-order valence-electron chi connectivity index (χ1n) is 5.53. The van der Waals surface area contributed by atoms with Crippen LogP contribution in [0, 0.1) is 6.92 Å². The Morgan fingerprint density at radius 2 is 2.32 bits per heavy atom. The van der Waals surface area contributed by atoms with Crippen molar-refractivity contribution in [2.45, 2.75) is 19.6 Å². The van der Waals surface area contributed by atoms with Crippen LogP contribution in [-0.2, 0) is 6.54 Å². The third-order valence-electron chi connectivity index (χ3n) is 2.76. The van der Waals surface area contributed by atoms with Crippen molar-refractivity contribution in [2.24, 2.45) is 5.73 Å². The van der Waals surface area contributed by atoms with Crippen molar-refractivity contribution in [3.05, 3.63) is 27.1 Å². The minimum absolute atomic E-state index is 0.0561. The van der Waals surface area contributed by atoms with Crippen molar-refractivity contribution in [2.75, 3.05) is 6.61 Å². The average Bonchev–Trinajstić information content (AvgIpc) is 2.71. The van der Waals surface area contributed by atoms with Gasteiger partial charge in [-0.05, 0) is 12.5 Å². The molecule has 0 aliphatic carbocycles. The number of aromatic nitrogens is 2. The van der Waals surface area contributed by atoms with E-state index in [0.29, 0.717) is 20.7 Å². The van der Waals surface area contributed by atoms with Crippen LogP contribution in [-0.4, -0.2) is 38.4 Å². The van der Waals surface area contributed by atoms with Gasteiger partial charge in [-0.2, -0.15) is 0 Å². The zero-order chi connectivity index (χ0) is 14.2. The van der Waals surface area contributed by atoms with E-state index >= 15 is 0 Å². The number of carbonyl (C=O) groups excluding carboxylic acids is 1. The highest BCUT2D eigenvalue weighted by Crippen LogP contribution is 2.26. The Morgan fingerprint density at radius 1 is 1.63 bits per heavy atom. The van der Waals surface area contributed by atoms with Crippen LogP contribution in [0.4, 0.5) is 0 Å². The minimum atomic E-state index is -1.04. The van der Waals surface area contributed by atoms with Gasteiger partial charge in [-0.1, -0.05) is 0 Å². The molecule has 2 aromatic rings. The molecule has 0 radical (unpaired) electrons. The summed E-state index contributed by atoms with van der Waals surface area (Å²) >= 11 is 1.07. The first-order valence-corrected chi connectivity index (χ1v) is 6.34.